The molecule has 3 heterocycles. The Hall–Kier alpha value is -3.52. The molecule has 0 spiro atoms. The number of nitrogens with two attached hydrogens (primary N) is 1. The summed E-state index contributed by atoms with van der Waals surface area (Å²) in [5.74, 6) is -1.41. The number of amides is 4. The summed E-state index contributed by atoms with van der Waals surface area (Å²) < 4.78 is 0. The molecule has 2 saturated heterocycles. The summed E-state index contributed by atoms with van der Waals surface area (Å²) in [7, 11) is 0. The summed E-state index contributed by atoms with van der Waals surface area (Å²) in [5, 5.41) is 2.22. The Kier molecular flexibility index (Phi) is 5.01. The van der Waals surface area contributed by atoms with Gasteiger partial charge in [-0.25, -0.2) is 0 Å². The number of carbonyl (C=O) groups excluding carboxylic acids is 4. The topological polar surface area (TPSA) is 113 Å². The molecule has 4 amide bonds. The number of piperidine rings is 1. The molecule has 0 bridgehead atoms. The third-order valence-corrected chi connectivity index (χ3v) is 6.76. The van der Waals surface area contributed by atoms with E-state index in [4.69, 9.17) is 5.73 Å². The lowest BCUT2D eigenvalue weighted by Crippen LogP contribution is -2.54. The van der Waals surface area contributed by atoms with Crippen molar-refractivity contribution in [1.29, 1.82) is 0 Å². The van der Waals surface area contributed by atoms with Gasteiger partial charge in [-0.05, 0) is 42.6 Å². The molecule has 2 aromatic carbocycles. The van der Waals surface area contributed by atoms with Crippen molar-refractivity contribution >= 4 is 29.3 Å². The van der Waals surface area contributed by atoms with Crippen molar-refractivity contribution in [2.75, 3.05) is 24.5 Å². The maximum Gasteiger partial charge on any atom is 0.262 e. The van der Waals surface area contributed by atoms with Crippen molar-refractivity contribution in [2.24, 2.45) is 11.7 Å². The molecule has 3 aliphatic heterocycles. The largest absolute Gasteiger partial charge is 0.371 e. The van der Waals surface area contributed by atoms with Gasteiger partial charge in [-0.15, -0.1) is 0 Å². The second-order valence-electron chi connectivity index (χ2n) is 8.60. The van der Waals surface area contributed by atoms with Crippen molar-refractivity contribution in [3.63, 3.8) is 0 Å². The smallest absolute Gasteiger partial charge is 0.262 e. The standard InChI is InChI=1S/C24H24N4O4/c25-11-15-12-27(13-19(15)14-4-2-1-3-5-14)16-6-7-17-18(10-16)24(32)28(23(17)31)20-8-9-21(29)26-22(20)30/h1-7,10,15,19-20H,8-9,11-13,25H2,(H,26,29,30)/t15-,19+,20?/m1/s1. The Morgan fingerprint density at radius 1 is 0.938 bits per heavy atom. The zero-order chi connectivity index (χ0) is 22.4. The number of imide groups is 2. The van der Waals surface area contributed by atoms with Gasteiger partial charge in [0.25, 0.3) is 11.8 Å². The first-order valence-electron chi connectivity index (χ1n) is 10.8. The molecule has 8 nitrogen and oxygen atoms in total. The molecule has 1 unspecified atom stereocenters. The number of nitrogens with zero attached hydrogens (tertiary/aromatic N) is 2. The van der Waals surface area contributed by atoms with Crippen LogP contribution in [0.15, 0.2) is 48.5 Å². The SMILES string of the molecule is NC[C@@H]1CN(c2ccc3c(c2)C(=O)N(C2CCC(=O)NC2=O)C3=O)C[C@H]1c1ccccc1. The summed E-state index contributed by atoms with van der Waals surface area (Å²) in [5.41, 5.74) is 8.74. The van der Waals surface area contributed by atoms with Gasteiger partial charge in [0.1, 0.15) is 6.04 Å². The maximum atomic E-state index is 13.1. The third-order valence-electron chi connectivity index (χ3n) is 6.76. The Morgan fingerprint density at radius 3 is 2.41 bits per heavy atom. The molecule has 5 rings (SSSR count). The Labute approximate surface area is 185 Å². The van der Waals surface area contributed by atoms with Crippen molar-refractivity contribution in [3.8, 4) is 0 Å². The Morgan fingerprint density at radius 2 is 1.69 bits per heavy atom. The van der Waals surface area contributed by atoms with Gasteiger partial charge in [-0.1, -0.05) is 30.3 Å². The number of anilines is 1. The van der Waals surface area contributed by atoms with E-state index in [2.05, 4.69) is 22.3 Å². The highest BCUT2D eigenvalue weighted by Crippen LogP contribution is 2.37. The first-order valence-corrected chi connectivity index (χ1v) is 10.8. The van der Waals surface area contributed by atoms with E-state index in [-0.39, 0.29) is 36.1 Å². The molecular formula is C24H24N4O4. The quantitative estimate of drug-likeness (QED) is 0.704. The van der Waals surface area contributed by atoms with Gasteiger partial charge in [0, 0.05) is 31.1 Å². The van der Waals surface area contributed by atoms with E-state index in [0.717, 1.165) is 23.7 Å². The fourth-order valence-corrected chi connectivity index (χ4v) is 5.05. The van der Waals surface area contributed by atoms with E-state index in [1.165, 1.54) is 5.56 Å². The van der Waals surface area contributed by atoms with Gasteiger partial charge in [0.2, 0.25) is 11.8 Å². The van der Waals surface area contributed by atoms with Gasteiger partial charge in [-0.2, -0.15) is 0 Å². The highest BCUT2D eigenvalue weighted by atomic mass is 16.2. The van der Waals surface area contributed by atoms with Gasteiger partial charge >= 0.3 is 0 Å². The Balaban J connectivity index is 1.40. The zero-order valence-electron chi connectivity index (χ0n) is 17.5. The first-order chi connectivity index (χ1) is 15.5. The molecule has 0 saturated carbocycles. The highest BCUT2D eigenvalue weighted by molar-refractivity contribution is 6.23. The molecule has 0 radical (unpaired) electrons. The van der Waals surface area contributed by atoms with E-state index >= 15 is 0 Å². The van der Waals surface area contributed by atoms with E-state index in [0.29, 0.717) is 12.1 Å². The van der Waals surface area contributed by atoms with E-state index in [9.17, 15) is 19.2 Å². The molecule has 2 aromatic rings. The highest BCUT2D eigenvalue weighted by Gasteiger charge is 2.45. The molecule has 8 heteroatoms. The molecular weight excluding hydrogens is 408 g/mol. The summed E-state index contributed by atoms with van der Waals surface area (Å²) in [6, 6.07) is 14.5. The minimum atomic E-state index is -0.959. The average Bonchev–Trinajstić information content (AvgIpc) is 3.34. The summed E-state index contributed by atoms with van der Waals surface area (Å²) >= 11 is 0. The molecule has 0 aliphatic carbocycles. The summed E-state index contributed by atoms with van der Waals surface area (Å²) in [4.78, 5) is 52.9. The van der Waals surface area contributed by atoms with Crippen LogP contribution in [0.2, 0.25) is 0 Å². The number of benzene rings is 2. The number of carbonyl (C=O) groups is 4. The van der Waals surface area contributed by atoms with Gasteiger partial charge < -0.3 is 10.6 Å². The maximum absolute atomic E-state index is 13.1. The second kappa shape index (κ2) is 7.87. The van der Waals surface area contributed by atoms with Crippen LogP contribution in [0.3, 0.4) is 0 Å². The van der Waals surface area contributed by atoms with Crippen LogP contribution in [0.1, 0.15) is 45.0 Å². The lowest BCUT2D eigenvalue weighted by Gasteiger charge is -2.27. The van der Waals surface area contributed by atoms with Crippen molar-refractivity contribution < 1.29 is 19.2 Å². The molecule has 32 heavy (non-hydrogen) atoms. The predicted octanol–water partition coefficient (Wildman–Crippen LogP) is 1.27. The van der Waals surface area contributed by atoms with Crippen LogP contribution in [-0.2, 0) is 9.59 Å². The van der Waals surface area contributed by atoms with Gasteiger partial charge in [0.05, 0.1) is 11.1 Å². The van der Waals surface area contributed by atoms with Crippen molar-refractivity contribution in [1.82, 2.24) is 10.2 Å². The van der Waals surface area contributed by atoms with E-state index in [1.807, 2.05) is 24.3 Å². The van der Waals surface area contributed by atoms with Crippen LogP contribution in [0.5, 0.6) is 0 Å². The number of hydrogen-bond donors (Lipinski definition) is 2. The lowest BCUT2D eigenvalue weighted by atomic mass is 9.89. The van der Waals surface area contributed by atoms with Gasteiger partial charge in [-0.3, -0.25) is 29.4 Å². The predicted molar refractivity (Wildman–Crippen MR) is 117 cm³/mol. The number of hydrogen-bond acceptors (Lipinski definition) is 6. The third kappa shape index (κ3) is 3.27. The molecule has 3 aliphatic rings. The van der Waals surface area contributed by atoms with Crippen molar-refractivity contribution in [3.05, 3.63) is 65.2 Å². The fourth-order valence-electron chi connectivity index (χ4n) is 5.05. The number of nitrogens with one attached hydrogen (secondary N) is 1. The Bertz CT molecular complexity index is 1120. The number of fused-ring (bicyclic) bond motifs is 1. The second-order valence-corrected chi connectivity index (χ2v) is 8.60. The normalized spacial score (nSPS) is 25.3. The zero-order valence-corrected chi connectivity index (χ0v) is 17.5. The van der Waals surface area contributed by atoms with Crippen LogP contribution in [0.25, 0.3) is 0 Å². The van der Waals surface area contributed by atoms with Crippen LogP contribution >= 0.6 is 0 Å². The molecule has 2 fully saturated rings. The van der Waals surface area contributed by atoms with Crippen LogP contribution in [0.4, 0.5) is 5.69 Å². The molecule has 164 valence electrons. The number of rotatable bonds is 4. The first kappa shape index (κ1) is 20.4. The summed E-state index contributed by atoms with van der Waals surface area (Å²) in [6.45, 7) is 2.08. The van der Waals surface area contributed by atoms with Crippen LogP contribution in [0, 0.1) is 5.92 Å². The van der Waals surface area contributed by atoms with Crippen LogP contribution in [-0.4, -0.2) is 54.2 Å². The minimum Gasteiger partial charge on any atom is -0.371 e. The van der Waals surface area contributed by atoms with Crippen LogP contribution < -0.4 is 16.0 Å². The monoisotopic (exact) mass is 432 g/mol. The summed E-state index contributed by atoms with van der Waals surface area (Å²) in [6.07, 6.45) is 0.246. The molecule has 0 aromatic heterocycles. The van der Waals surface area contributed by atoms with Crippen molar-refractivity contribution in [2.45, 2.75) is 24.8 Å². The minimum absolute atomic E-state index is 0.101. The average molecular weight is 432 g/mol. The fraction of sp³-hybridized carbons (Fsp3) is 0.333. The van der Waals surface area contributed by atoms with E-state index < -0.39 is 23.8 Å². The van der Waals surface area contributed by atoms with E-state index in [1.54, 1.807) is 12.1 Å². The molecule has 3 atom stereocenters. The lowest BCUT2D eigenvalue weighted by molar-refractivity contribution is -0.136. The molecule has 3 N–H and O–H groups in total. The van der Waals surface area contributed by atoms with Gasteiger partial charge in [0.15, 0.2) is 0 Å².